The van der Waals surface area contributed by atoms with Crippen molar-refractivity contribution < 1.29 is 4.79 Å². The van der Waals surface area contributed by atoms with Crippen LogP contribution in [0.4, 0.5) is 0 Å². The van der Waals surface area contributed by atoms with Crippen LogP contribution in [0.25, 0.3) is 0 Å². The van der Waals surface area contributed by atoms with Gasteiger partial charge < -0.3 is 5.32 Å². The molecule has 1 aromatic carbocycles. The second-order valence-electron chi connectivity index (χ2n) is 5.06. The summed E-state index contributed by atoms with van der Waals surface area (Å²) in [6.45, 7) is 0.814. The molecule has 0 bridgehead atoms. The first-order valence-electron chi connectivity index (χ1n) is 6.79. The lowest BCUT2D eigenvalue weighted by molar-refractivity contribution is 0.0950. The Morgan fingerprint density at radius 3 is 2.78 bits per heavy atom. The Morgan fingerprint density at radius 2 is 2.06 bits per heavy atom. The van der Waals surface area contributed by atoms with Gasteiger partial charge in [-0.05, 0) is 53.1 Å². The third-order valence-corrected chi connectivity index (χ3v) is 4.32. The molecule has 0 radical (unpaired) electrons. The van der Waals surface area contributed by atoms with Gasteiger partial charge in [0.1, 0.15) is 0 Å². The fourth-order valence-electron chi connectivity index (χ4n) is 2.60. The van der Waals surface area contributed by atoms with Gasteiger partial charge in [-0.15, -0.1) is 0 Å². The smallest absolute Gasteiger partial charge is 0.251 e. The highest BCUT2D eigenvalue weighted by molar-refractivity contribution is 14.1. The van der Waals surface area contributed by atoms with Crippen molar-refractivity contribution in [3.8, 4) is 0 Å². The lowest BCUT2D eigenvalue weighted by Crippen LogP contribution is -2.26. The van der Waals surface area contributed by atoms with Crippen molar-refractivity contribution in [3.63, 3.8) is 0 Å². The predicted octanol–water partition coefficient (Wildman–Crippen LogP) is 3.99. The molecule has 98 valence electrons. The van der Waals surface area contributed by atoms with Crippen LogP contribution in [0.2, 0.25) is 0 Å². The van der Waals surface area contributed by atoms with Gasteiger partial charge in [-0.25, -0.2) is 0 Å². The van der Waals surface area contributed by atoms with E-state index in [-0.39, 0.29) is 5.91 Å². The molecule has 0 heterocycles. The number of benzene rings is 1. The molecule has 1 N–H and O–H groups in total. The molecule has 2 rings (SSSR count). The number of carbonyl (C=O) groups is 1. The highest BCUT2D eigenvalue weighted by atomic mass is 127. The van der Waals surface area contributed by atoms with Crippen LogP contribution in [-0.2, 0) is 0 Å². The SMILES string of the molecule is O=C(NCCC1CCCCC1)c1cccc(I)c1. The molecule has 0 unspecified atom stereocenters. The van der Waals surface area contributed by atoms with E-state index < -0.39 is 0 Å². The quantitative estimate of drug-likeness (QED) is 0.812. The van der Waals surface area contributed by atoms with E-state index in [9.17, 15) is 4.79 Å². The zero-order valence-electron chi connectivity index (χ0n) is 10.6. The molecular weight excluding hydrogens is 337 g/mol. The maximum Gasteiger partial charge on any atom is 0.251 e. The lowest BCUT2D eigenvalue weighted by atomic mass is 9.87. The van der Waals surface area contributed by atoms with Gasteiger partial charge in [-0.3, -0.25) is 4.79 Å². The van der Waals surface area contributed by atoms with Gasteiger partial charge >= 0.3 is 0 Å². The molecule has 0 spiro atoms. The molecule has 1 aromatic rings. The normalized spacial score (nSPS) is 16.5. The van der Waals surface area contributed by atoms with E-state index in [2.05, 4.69) is 27.9 Å². The highest BCUT2D eigenvalue weighted by Crippen LogP contribution is 2.25. The maximum absolute atomic E-state index is 11.9. The van der Waals surface area contributed by atoms with Crippen LogP contribution in [0.15, 0.2) is 24.3 Å². The molecule has 2 nitrogen and oxygen atoms in total. The minimum atomic E-state index is 0.0596. The number of hydrogen-bond donors (Lipinski definition) is 1. The number of halogens is 1. The molecule has 0 aliphatic heterocycles. The molecule has 1 fully saturated rings. The van der Waals surface area contributed by atoms with Crippen LogP contribution in [0.1, 0.15) is 48.9 Å². The Balaban J connectivity index is 1.74. The molecule has 1 aliphatic carbocycles. The average Bonchev–Trinajstić information content (AvgIpc) is 2.40. The second-order valence-corrected chi connectivity index (χ2v) is 6.30. The molecule has 1 saturated carbocycles. The van der Waals surface area contributed by atoms with E-state index >= 15 is 0 Å². The molecule has 0 atom stereocenters. The van der Waals surface area contributed by atoms with Crippen LogP contribution in [0.3, 0.4) is 0 Å². The van der Waals surface area contributed by atoms with Crippen LogP contribution in [0.5, 0.6) is 0 Å². The summed E-state index contributed by atoms with van der Waals surface area (Å²) in [7, 11) is 0. The van der Waals surface area contributed by atoms with Gasteiger partial charge in [0.05, 0.1) is 0 Å². The van der Waals surface area contributed by atoms with Crippen molar-refractivity contribution in [2.24, 2.45) is 5.92 Å². The third kappa shape index (κ3) is 4.26. The fraction of sp³-hybridized carbons (Fsp3) is 0.533. The van der Waals surface area contributed by atoms with Gasteiger partial charge in [0, 0.05) is 15.7 Å². The van der Waals surface area contributed by atoms with Crippen molar-refractivity contribution in [1.29, 1.82) is 0 Å². The zero-order chi connectivity index (χ0) is 12.8. The standard InChI is InChI=1S/C15H20INO/c16-14-8-4-7-13(11-14)15(18)17-10-9-12-5-2-1-3-6-12/h4,7-8,11-12H,1-3,5-6,9-10H2,(H,17,18). The summed E-state index contributed by atoms with van der Waals surface area (Å²) in [6, 6.07) is 7.73. The van der Waals surface area contributed by atoms with E-state index in [1.54, 1.807) is 0 Å². The first-order valence-corrected chi connectivity index (χ1v) is 7.87. The summed E-state index contributed by atoms with van der Waals surface area (Å²) < 4.78 is 1.10. The topological polar surface area (TPSA) is 29.1 Å². The third-order valence-electron chi connectivity index (χ3n) is 3.65. The molecule has 0 saturated heterocycles. The summed E-state index contributed by atoms with van der Waals surface area (Å²) in [5.41, 5.74) is 0.769. The number of amides is 1. The summed E-state index contributed by atoms with van der Waals surface area (Å²) >= 11 is 2.23. The van der Waals surface area contributed by atoms with E-state index in [1.165, 1.54) is 32.1 Å². The summed E-state index contributed by atoms with van der Waals surface area (Å²) in [5.74, 6) is 0.888. The predicted molar refractivity (Wildman–Crippen MR) is 82.7 cm³/mol. The Hall–Kier alpha value is -0.580. The summed E-state index contributed by atoms with van der Waals surface area (Å²) in [6.07, 6.45) is 7.96. The highest BCUT2D eigenvalue weighted by Gasteiger charge is 2.13. The molecule has 1 aliphatic rings. The Labute approximate surface area is 123 Å². The Morgan fingerprint density at radius 1 is 1.28 bits per heavy atom. The van der Waals surface area contributed by atoms with Crippen molar-refractivity contribution in [3.05, 3.63) is 33.4 Å². The second kappa shape index (κ2) is 7.12. The van der Waals surface area contributed by atoms with Crippen LogP contribution < -0.4 is 5.32 Å². The lowest BCUT2D eigenvalue weighted by Gasteiger charge is -2.21. The van der Waals surface area contributed by atoms with E-state index in [0.717, 1.165) is 28.0 Å². The fourth-order valence-corrected chi connectivity index (χ4v) is 3.14. The Bertz CT molecular complexity index is 399. The molecular formula is C15H20INO. The molecule has 3 heteroatoms. The number of nitrogens with one attached hydrogen (secondary N) is 1. The van der Waals surface area contributed by atoms with Crippen molar-refractivity contribution >= 4 is 28.5 Å². The maximum atomic E-state index is 11.9. The number of hydrogen-bond acceptors (Lipinski definition) is 1. The van der Waals surface area contributed by atoms with Crippen LogP contribution in [-0.4, -0.2) is 12.5 Å². The first-order chi connectivity index (χ1) is 8.75. The minimum absolute atomic E-state index is 0.0596. The largest absolute Gasteiger partial charge is 0.352 e. The Kier molecular flexibility index (Phi) is 5.47. The van der Waals surface area contributed by atoms with Crippen molar-refractivity contribution in [2.45, 2.75) is 38.5 Å². The minimum Gasteiger partial charge on any atom is -0.352 e. The molecule has 18 heavy (non-hydrogen) atoms. The van der Waals surface area contributed by atoms with E-state index in [0.29, 0.717) is 0 Å². The van der Waals surface area contributed by atoms with Crippen molar-refractivity contribution in [1.82, 2.24) is 5.32 Å². The number of carbonyl (C=O) groups excluding carboxylic acids is 1. The van der Waals surface area contributed by atoms with Gasteiger partial charge in [0.25, 0.3) is 5.91 Å². The van der Waals surface area contributed by atoms with Gasteiger partial charge in [0.2, 0.25) is 0 Å². The monoisotopic (exact) mass is 357 g/mol. The van der Waals surface area contributed by atoms with E-state index in [1.807, 2.05) is 24.3 Å². The van der Waals surface area contributed by atoms with E-state index in [4.69, 9.17) is 0 Å². The summed E-state index contributed by atoms with van der Waals surface area (Å²) in [5, 5.41) is 3.03. The van der Waals surface area contributed by atoms with Crippen LogP contribution >= 0.6 is 22.6 Å². The van der Waals surface area contributed by atoms with Gasteiger partial charge in [-0.2, -0.15) is 0 Å². The van der Waals surface area contributed by atoms with Crippen molar-refractivity contribution in [2.75, 3.05) is 6.54 Å². The van der Waals surface area contributed by atoms with Gasteiger partial charge in [-0.1, -0.05) is 38.2 Å². The zero-order valence-corrected chi connectivity index (χ0v) is 12.8. The van der Waals surface area contributed by atoms with Crippen LogP contribution in [0, 0.1) is 9.49 Å². The summed E-state index contributed by atoms with van der Waals surface area (Å²) in [4.78, 5) is 11.9. The first kappa shape index (κ1) is 13.8. The molecule has 1 amide bonds. The molecule has 0 aromatic heterocycles. The van der Waals surface area contributed by atoms with Gasteiger partial charge in [0.15, 0.2) is 0 Å². The number of rotatable bonds is 4. The average molecular weight is 357 g/mol.